The second-order valence-corrected chi connectivity index (χ2v) is 4.72. The molecule has 17 heavy (non-hydrogen) atoms. The highest BCUT2D eigenvalue weighted by Crippen LogP contribution is 2.05. The molecule has 3 heteroatoms. The Kier molecular flexibility index (Phi) is 6.16. The van der Waals surface area contributed by atoms with E-state index < -0.39 is 0 Å². The first-order chi connectivity index (χ1) is 8.11. The summed E-state index contributed by atoms with van der Waals surface area (Å²) in [6.07, 6.45) is 3.26. The zero-order chi connectivity index (χ0) is 12.7. The zero-order valence-electron chi connectivity index (χ0n) is 11.4. The van der Waals surface area contributed by atoms with Crippen molar-refractivity contribution in [3.05, 3.63) is 29.6 Å². The van der Waals surface area contributed by atoms with Gasteiger partial charge in [0.2, 0.25) is 0 Å². The van der Waals surface area contributed by atoms with E-state index in [9.17, 15) is 0 Å². The minimum Gasteiger partial charge on any atom is -0.372 e. The molecule has 1 unspecified atom stereocenters. The lowest BCUT2D eigenvalue weighted by atomic mass is 10.2. The number of hydrogen-bond donors (Lipinski definition) is 1. The van der Waals surface area contributed by atoms with Crippen LogP contribution in [-0.4, -0.2) is 17.1 Å². The van der Waals surface area contributed by atoms with E-state index in [-0.39, 0.29) is 0 Å². The van der Waals surface area contributed by atoms with Gasteiger partial charge in [-0.3, -0.25) is 4.98 Å². The summed E-state index contributed by atoms with van der Waals surface area (Å²) in [6.45, 7) is 9.97. The molecule has 0 radical (unpaired) electrons. The van der Waals surface area contributed by atoms with Gasteiger partial charge in [0.15, 0.2) is 0 Å². The molecule has 1 aromatic heterocycles. The fourth-order valence-electron chi connectivity index (χ4n) is 1.31. The molecular formula is C14H24N2O. The Morgan fingerprint density at radius 3 is 2.59 bits per heavy atom. The third-order valence-corrected chi connectivity index (χ3v) is 2.69. The number of aromatic nitrogens is 1. The van der Waals surface area contributed by atoms with Crippen LogP contribution in [0.3, 0.4) is 0 Å². The Bertz CT molecular complexity index is 309. The van der Waals surface area contributed by atoms with Gasteiger partial charge in [-0.2, -0.15) is 0 Å². The van der Waals surface area contributed by atoms with Crippen LogP contribution in [0.25, 0.3) is 0 Å². The zero-order valence-corrected chi connectivity index (χ0v) is 11.4. The van der Waals surface area contributed by atoms with Crippen LogP contribution in [0.1, 0.15) is 45.4 Å². The van der Waals surface area contributed by atoms with Crippen LogP contribution in [0.4, 0.5) is 0 Å². The first kappa shape index (κ1) is 14.1. The number of rotatable bonds is 7. The molecule has 96 valence electrons. The van der Waals surface area contributed by atoms with E-state index in [1.165, 1.54) is 5.56 Å². The van der Waals surface area contributed by atoms with Crippen molar-refractivity contribution >= 4 is 0 Å². The van der Waals surface area contributed by atoms with E-state index in [2.05, 4.69) is 44.1 Å². The van der Waals surface area contributed by atoms with Crippen molar-refractivity contribution in [1.29, 1.82) is 0 Å². The van der Waals surface area contributed by atoms with E-state index in [0.29, 0.717) is 18.8 Å². The fourth-order valence-corrected chi connectivity index (χ4v) is 1.31. The molecule has 0 amide bonds. The minimum atomic E-state index is 0.305. The normalized spacial score (nSPS) is 13.0. The van der Waals surface area contributed by atoms with Gasteiger partial charge in [-0.15, -0.1) is 0 Å². The van der Waals surface area contributed by atoms with Gasteiger partial charge >= 0.3 is 0 Å². The van der Waals surface area contributed by atoms with Crippen molar-refractivity contribution in [1.82, 2.24) is 10.3 Å². The van der Waals surface area contributed by atoms with E-state index in [1.54, 1.807) is 0 Å². The maximum atomic E-state index is 5.64. The van der Waals surface area contributed by atoms with Crippen LogP contribution in [0, 0.1) is 0 Å². The molecule has 0 fully saturated rings. The van der Waals surface area contributed by atoms with Gasteiger partial charge in [-0.05, 0) is 25.0 Å². The van der Waals surface area contributed by atoms with Gasteiger partial charge in [0.1, 0.15) is 0 Å². The molecular weight excluding hydrogens is 212 g/mol. The summed E-state index contributed by atoms with van der Waals surface area (Å²) < 4.78 is 5.64. The Morgan fingerprint density at radius 1 is 1.29 bits per heavy atom. The smallest absolute Gasteiger partial charge is 0.0891 e. The molecule has 0 aliphatic rings. The highest BCUT2D eigenvalue weighted by molar-refractivity contribution is 5.13. The van der Waals surface area contributed by atoms with Gasteiger partial charge in [0.25, 0.3) is 0 Å². The lowest BCUT2D eigenvalue weighted by Gasteiger charge is -2.11. The lowest BCUT2D eigenvalue weighted by Crippen LogP contribution is -2.21. The van der Waals surface area contributed by atoms with Crippen molar-refractivity contribution in [3.8, 4) is 0 Å². The molecule has 1 aromatic rings. The number of hydrogen-bond acceptors (Lipinski definition) is 3. The van der Waals surface area contributed by atoms with Gasteiger partial charge in [0, 0.05) is 18.8 Å². The van der Waals surface area contributed by atoms with Crippen molar-refractivity contribution < 1.29 is 4.74 Å². The van der Waals surface area contributed by atoms with Gasteiger partial charge in [0.05, 0.1) is 18.4 Å². The predicted octanol–water partition coefficient (Wildman–Crippen LogP) is 2.89. The molecule has 1 N–H and O–H groups in total. The monoisotopic (exact) mass is 236 g/mol. The Morgan fingerprint density at radius 2 is 2.06 bits per heavy atom. The van der Waals surface area contributed by atoms with Crippen molar-refractivity contribution in [3.63, 3.8) is 0 Å². The maximum Gasteiger partial charge on any atom is 0.0891 e. The Hall–Kier alpha value is -0.930. The molecule has 0 spiro atoms. The van der Waals surface area contributed by atoms with Crippen LogP contribution in [-0.2, 0) is 17.9 Å². The minimum absolute atomic E-state index is 0.305. The van der Waals surface area contributed by atoms with E-state index in [1.807, 2.05) is 12.3 Å². The predicted molar refractivity (Wildman–Crippen MR) is 70.8 cm³/mol. The number of nitrogens with one attached hydrogen (secondary N) is 1. The van der Waals surface area contributed by atoms with Crippen molar-refractivity contribution in [2.45, 2.75) is 59.4 Å². The van der Waals surface area contributed by atoms with Crippen LogP contribution in [0.5, 0.6) is 0 Å². The summed E-state index contributed by atoms with van der Waals surface area (Å²) in [7, 11) is 0. The molecule has 0 bridgehead atoms. The number of nitrogens with zero attached hydrogens (tertiary/aromatic N) is 1. The van der Waals surface area contributed by atoms with Crippen LogP contribution < -0.4 is 5.32 Å². The largest absolute Gasteiger partial charge is 0.372 e. The summed E-state index contributed by atoms with van der Waals surface area (Å²) >= 11 is 0. The average molecular weight is 236 g/mol. The number of pyridine rings is 1. The lowest BCUT2D eigenvalue weighted by molar-refractivity contribution is 0.0489. The molecule has 0 aliphatic heterocycles. The highest BCUT2D eigenvalue weighted by Gasteiger charge is 2.01. The molecule has 0 aliphatic carbocycles. The van der Waals surface area contributed by atoms with Crippen molar-refractivity contribution in [2.75, 3.05) is 0 Å². The molecule has 0 saturated carbocycles. The standard InChI is InChI=1S/C14H24N2O/c1-5-12(4)17-10-14-7-6-13(9-16-14)8-15-11(2)3/h6-7,9,11-12,15H,5,8,10H2,1-4H3. The summed E-state index contributed by atoms with van der Waals surface area (Å²) in [6, 6.07) is 4.65. The highest BCUT2D eigenvalue weighted by atomic mass is 16.5. The Balaban J connectivity index is 2.39. The molecule has 3 nitrogen and oxygen atoms in total. The number of ether oxygens (including phenoxy) is 1. The molecule has 1 atom stereocenters. The quantitative estimate of drug-likeness (QED) is 0.790. The maximum absolute atomic E-state index is 5.64. The van der Waals surface area contributed by atoms with E-state index >= 15 is 0 Å². The van der Waals surface area contributed by atoms with E-state index in [4.69, 9.17) is 4.74 Å². The summed E-state index contributed by atoms with van der Waals surface area (Å²) in [4.78, 5) is 4.40. The van der Waals surface area contributed by atoms with Crippen LogP contribution >= 0.6 is 0 Å². The summed E-state index contributed by atoms with van der Waals surface area (Å²) in [5.41, 5.74) is 2.21. The molecule has 1 heterocycles. The van der Waals surface area contributed by atoms with Crippen LogP contribution in [0.2, 0.25) is 0 Å². The SMILES string of the molecule is CCC(C)OCc1ccc(CNC(C)C)cn1. The van der Waals surface area contributed by atoms with Gasteiger partial charge < -0.3 is 10.1 Å². The first-order valence-electron chi connectivity index (χ1n) is 6.40. The third kappa shape index (κ3) is 5.80. The first-order valence-corrected chi connectivity index (χ1v) is 6.40. The second kappa shape index (κ2) is 7.41. The third-order valence-electron chi connectivity index (χ3n) is 2.69. The van der Waals surface area contributed by atoms with Gasteiger partial charge in [-0.1, -0.05) is 26.8 Å². The fraction of sp³-hybridized carbons (Fsp3) is 0.643. The van der Waals surface area contributed by atoms with Crippen molar-refractivity contribution in [2.24, 2.45) is 0 Å². The molecule has 0 saturated heterocycles. The summed E-state index contributed by atoms with van der Waals surface area (Å²) in [5.74, 6) is 0. The topological polar surface area (TPSA) is 34.1 Å². The molecule has 1 rings (SSSR count). The average Bonchev–Trinajstić information content (AvgIpc) is 2.34. The summed E-state index contributed by atoms with van der Waals surface area (Å²) in [5, 5.41) is 3.37. The second-order valence-electron chi connectivity index (χ2n) is 4.72. The van der Waals surface area contributed by atoms with Gasteiger partial charge in [-0.25, -0.2) is 0 Å². The molecule has 0 aromatic carbocycles. The van der Waals surface area contributed by atoms with Crippen LogP contribution in [0.15, 0.2) is 18.3 Å². The van der Waals surface area contributed by atoms with E-state index in [0.717, 1.165) is 18.7 Å². The Labute approximate surface area is 105 Å².